The first kappa shape index (κ1) is 16.9. The third-order valence-electron chi connectivity index (χ3n) is 3.79. The van der Waals surface area contributed by atoms with E-state index in [1.54, 1.807) is 30.3 Å². The molecule has 0 radical (unpaired) electrons. The number of hydrogen-bond acceptors (Lipinski definition) is 3. The molecule has 3 aromatic rings. The normalized spacial score (nSPS) is 11.5. The van der Waals surface area contributed by atoms with Crippen molar-refractivity contribution in [1.29, 1.82) is 0 Å². The summed E-state index contributed by atoms with van der Waals surface area (Å²) < 4.78 is 18.8. The third kappa shape index (κ3) is 3.60. The van der Waals surface area contributed by atoms with E-state index in [0.29, 0.717) is 28.0 Å². The highest BCUT2D eigenvalue weighted by atomic mass is 19.1. The number of carbonyl (C=O) groups is 1. The van der Waals surface area contributed by atoms with Crippen LogP contribution in [0.4, 0.5) is 10.1 Å². The predicted octanol–water partition coefficient (Wildman–Crippen LogP) is 4.58. The fourth-order valence-corrected chi connectivity index (χ4v) is 2.31. The van der Waals surface area contributed by atoms with Crippen molar-refractivity contribution in [2.45, 2.75) is 20.8 Å². The molecule has 1 N–H and O–H groups in total. The van der Waals surface area contributed by atoms with Gasteiger partial charge in [-0.1, -0.05) is 20.8 Å². The number of halogens is 1. The van der Waals surface area contributed by atoms with Gasteiger partial charge in [-0.15, -0.1) is 0 Å². The first-order valence-electron chi connectivity index (χ1n) is 7.89. The van der Waals surface area contributed by atoms with Gasteiger partial charge in [0.05, 0.1) is 5.39 Å². The van der Waals surface area contributed by atoms with Crippen molar-refractivity contribution in [2.24, 2.45) is 5.41 Å². The summed E-state index contributed by atoms with van der Waals surface area (Å²) in [4.78, 5) is 24.5. The number of rotatable bonds is 2. The Labute approximate surface area is 144 Å². The van der Waals surface area contributed by atoms with Gasteiger partial charge in [0.1, 0.15) is 17.2 Å². The summed E-state index contributed by atoms with van der Waals surface area (Å²) in [5.41, 5.74) is 0.791. The first-order valence-corrected chi connectivity index (χ1v) is 7.89. The van der Waals surface area contributed by atoms with Crippen LogP contribution in [0.5, 0.6) is 0 Å². The lowest BCUT2D eigenvalue weighted by atomic mass is 9.95. The van der Waals surface area contributed by atoms with Gasteiger partial charge in [0.25, 0.3) is 0 Å². The minimum Gasteiger partial charge on any atom is -0.456 e. The fraction of sp³-hybridized carbons (Fsp3) is 0.200. The molecule has 0 saturated heterocycles. The molecule has 0 bridgehead atoms. The number of carbonyl (C=O) groups excluding carboxylic acids is 1. The highest BCUT2D eigenvalue weighted by Crippen LogP contribution is 2.25. The van der Waals surface area contributed by atoms with Crippen molar-refractivity contribution in [3.05, 3.63) is 64.6 Å². The number of anilines is 1. The summed E-state index contributed by atoms with van der Waals surface area (Å²) in [5, 5.41) is 3.17. The molecule has 25 heavy (non-hydrogen) atoms. The monoisotopic (exact) mass is 339 g/mol. The lowest BCUT2D eigenvalue weighted by Gasteiger charge is -2.17. The molecule has 0 atom stereocenters. The van der Waals surface area contributed by atoms with Gasteiger partial charge in [-0.2, -0.15) is 0 Å². The van der Waals surface area contributed by atoms with Crippen LogP contribution in [0.15, 0.2) is 57.7 Å². The maximum absolute atomic E-state index is 13.0. The molecule has 0 aliphatic carbocycles. The summed E-state index contributed by atoms with van der Waals surface area (Å²) in [6.45, 7) is 5.44. The molecule has 2 aromatic carbocycles. The Hall–Kier alpha value is -2.95. The Kier molecular flexibility index (Phi) is 4.17. The SMILES string of the molecule is CC(C)(C)C(=O)Nc1ccc2oc(-c3ccc(F)cc3)cc(=O)c2c1. The summed E-state index contributed by atoms with van der Waals surface area (Å²) in [7, 11) is 0. The highest BCUT2D eigenvalue weighted by molar-refractivity contribution is 5.96. The van der Waals surface area contributed by atoms with Crippen LogP contribution in [0.25, 0.3) is 22.3 Å². The second kappa shape index (κ2) is 6.16. The number of hydrogen-bond donors (Lipinski definition) is 1. The van der Waals surface area contributed by atoms with Crippen LogP contribution in [-0.4, -0.2) is 5.91 Å². The van der Waals surface area contributed by atoms with Gasteiger partial charge in [-0.25, -0.2) is 4.39 Å². The standard InChI is InChI=1S/C20H18FNO3/c1-20(2,3)19(24)22-14-8-9-17-15(10-14)16(23)11-18(25-17)12-4-6-13(21)7-5-12/h4-11H,1-3H3,(H,22,24). The average molecular weight is 339 g/mol. The van der Waals surface area contributed by atoms with Gasteiger partial charge in [0, 0.05) is 22.7 Å². The molecule has 4 nitrogen and oxygen atoms in total. The second-order valence-corrected chi connectivity index (χ2v) is 6.90. The summed E-state index contributed by atoms with van der Waals surface area (Å²) in [6.07, 6.45) is 0. The van der Waals surface area contributed by atoms with Gasteiger partial charge >= 0.3 is 0 Å². The van der Waals surface area contributed by atoms with E-state index in [0.717, 1.165) is 0 Å². The first-order chi connectivity index (χ1) is 11.7. The molecule has 0 aliphatic heterocycles. The summed E-state index contributed by atoms with van der Waals surface area (Å²) in [6, 6.07) is 12.0. The number of fused-ring (bicyclic) bond motifs is 1. The number of benzene rings is 2. The number of nitrogens with one attached hydrogen (secondary N) is 1. The Morgan fingerprint density at radius 2 is 1.72 bits per heavy atom. The molecule has 0 aliphatic rings. The zero-order valence-electron chi connectivity index (χ0n) is 14.2. The quantitative estimate of drug-likeness (QED) is 0.743. The second-order valence-electron chi connectivity index (χ2n) is 6.90. The van der Waals surface area contributed by atoms with E-state index in [9.17, 15) is 14.0 Å². The lowest BCUT2D eigenvalue weighted by Crippen LogP contribution is -2.27. The average Bonchev–Trinajstić information content (AvgIpc) is 2.55. The van der Waals surface area contributed by atoms with E-state index in [-0.39, 0.29) is 17.2 Å². The number of amides is 1. The topological polar surface area (TPSA) is 59.3 Å². The molecule has 0 fully saturated rings. The smallest absolute Gasteiger partial charge is 0.229 e. The van der Waals surface area contributed by atoms with Crippen LogP contribution >= 0.6 is 0 Å². The Morgan fingerprint density at radius 1 is 1.04 bits per heavy atom. The molecule has 1 heterocycles. The van der Waals surface area contributed by atoms with Crippen LogP contribution in [0.1, 0.15) is 20.8 Å². The van der Waals surface area contributed by atoms with Gasteiger partial charge in [0.2, 0.25) is 5.91 Å². The van der Waals surface area contributed by atoms with Crippen molar-refractivity contribution in [2.75, 3.05) is 5.32 Å². The Bertz CT molecular complexity index is 998. The molecule has 0 unspecified atom stereocenters. The van der Waals surface area contributed by atoms with E-state index in [1.165, 1.54) is 18.2 Å². The van der Waals surface area contributed by atoms with Crippen LogP contribution in [0.3, 0.4) is 0 Å². The minimum atomic E-state index is -0.536. The summed E-state index contributed by atoms with van der Waals surface area (Å²) in [5.74, 6) is -0.130. The molecule has 0 saturated carbocycles. The summed E-state index contributed by atoms with van der Waals surface area (Å²) >= 11 is 0. The van der Waals surface area contributed by atoms with E-state index >= 15 is 0 Å². The minimum absolute atomic E-state index is 0.140. The van der Waals surface area contributed by atoms with Crippen LogP contribution in [-0.2, 0) is 4.79 Å². The van der Waals surface area contributed by atoms with Gasteiger partial charge in [-0.3, -0.25) is 9.59 Å². The lowest BCUT2D eigenvalue weighted by molar-refractivity contribution is -0.123. The van der Waals surface area contributed by atoms with Crippen LogP contribution in [0, 0.1) is 11.2 Å². The Morgan fingerprint density at radius 3 is 2.36 bits per heavy atom. The molecule has 3 rings (SSSR count). The highest BCUT2D eigenvalue weighted by Gasteiger charge is 2.21. The third-order valence-corrected chi connectivity index (χ3v) is 3.79. The van der Waals surface area contributed by atoms with Crippen molar-refractivity contribution in [1.82, 2.24) is 0 Å². The van der Waals surface area contributed by atoms with Gasteiger partial charge < -0.3 is 9.73 Å². The molecular formula is C20H18FNO3. The van der Waals surface area contributed by atoms with E-state index in [4.69, 9.17) is 4.42 Å². The zero-order chi connectivity index (χ0) is 18.2. The van der Waals surface area contributed by atoms with E-state index in [2.05, 4.69) is 5.32 Å². The van der Waals surface area contributed by atoms with Crippen LogP contribution < -0.4 is 10.7 Å². The van der Waals surface area contributed by atoms with E-state index < -0.39 is 5.41 Å². The molecule has 128 valence electrons. The van der Waals surface area contributed by atoms with Crippen molar-refractivity contribution < 1.29 is 13.6 Å². The largest absolute Gasteiger partial charge is 0.456 e. The maximum Gasteiger partial charge on any atom is 0.229 e. The molecule has 1 amide bonds. The van der Waals surface area contributed by atoms with Gasteiger partial charge in [-0.05, 0) is 42.5 Å². The molecule has 0 spiro atoms. The van der Waals surface area contributed by atoms with Gasteiger partial charge in [0.15, 0.2) is 5.43 Å². The van der Waals surface area contributed by atoms with Crippen molar-refractivity contribution in [3.63, 3.8) is 0 Å². The zero-order valence-corrected chi connectivity index (χ0v) is 14.2. The Balaban J connectivity index is 2.01. The van der Waals surface area contributed by atoms with Crippen molar-refractivity contribution >= 4 is 22.6 Å². The predicted molar refractivity (Wildman–Crippen MR) is 96.0 cm³/mol. The van der Waals surface area contributed by atoms with E-state index in [1.807, 2.05) is 20.8 Å². The maximum atomic E-state index is 13.0. The fourth-order valence-electron chi connectivity index (χ4n) is 2.31. The molecular weight excluding hydrogens is 321 g/mol. The van der Waals surface area contributed by atoms with Crippen molar-refractivity contribution in [3.8, 4) is 11.3 Å². The molecule has 1 aromatic heterocycles. The molecule has 5 heteroatoms. The van der Waals surface area contributed by atoms with Crippen LogP contribution in [0.2, 0.25) is 0 Å².